The molecule has 9 heteroatoms. The largest absolute Gasteiger partial charge is 0.339 e. The molecule has 4 aliphatic carbocycles. The van der Waals surface area contributed by atoms with Crippen LogP contribution in [0.4, 0.5) is 10.5 Å². The number of anilines is 1. The van der Waals surface area contributed by atoms with Gasteiger partial charge in [-0.25, -0.2) is 4.79 Å². The third kappa shape index (κ3) is 4.49. The summed E-state index contributed by atoms with van der Waals surface area (Å²) in [5.74, 6) is 0.750. The fourth-order valence-electron chi connectivity index (χ4n) is 7.27. The van der Waals surface area contributed by atoms with Gasteiger partial charge in [-0.05, 0) is 112 Å². The van der Waals surface area contributed by atoms with Crippen molar-refractivity contribution in [1.29, 1.82) is 0 Å². The predicted octanol–water partition coefficient (Wildman–Crippen LogP) is 4.18. The number of fused-ring (bicyclic) bond motifs is 3. The van der Waals surface area contributed by atoms with Gasteiger partial charge in [-0.3, -0.25) is 14.3 Å². The Labute approximate surface area is 229 Å². The van der Waals surface area contributed by atoms with Gasteiger partial charge in [-0.1, -0.05) is 6.07 Å². The van der Waals surface area contributed by atoms with E-state index in [9.17, 15) is 14.4 Å². The second kappa shape index (κ2) is 9.38. The topological polar surface area (TPSA) is 108 Å². The standard InChI is InChI=1S/C30H38N6O3/c1-16(2)36-25(11-12-31-36)28(37)34-27(26(17-3-4-17)18-5-6-18)29(38)32-20-8-9-23-19(13-20)7-10-24(23)35-22-14-21(15-22)33-30(35)39/h8-9,11-13,16-18,21-22,24,26-27H,3-7,10,14-15H2,1-2H3,(H,32,38)(H,33,39)(H,34,37)/t21?,22?,24-,27+/m1/s1. The normalized spacial score (nSPS) is 26.2. The van der Waals surface area contributed by atoms with Crippen molar-refractivity contribution < 1.29 is 14.4 Å². The minimum Gasteiger partial charge on any atom is -0.339 e. The van der Waals surface area contributed by atoms with Crippen molar-refractivity contribution >= 4 is 23.5 Å². The molecule has 1 aromatic heterocycles. The molecule has 4 amide bonds. The van der Waals surface area contributed by atoms with Gasteiger partial charge in [0.1, 0.15) is 11.7 Å². The van der Waals surface area contributed by atoms with Crippen LogP contribution in [0.1, 0.15) is 92.5 Å². The maximum Gasteiger partial charge on any atom is 0.318 e. The summed E-state index contributed by atoms with van der Waals surface area (Å²) in [6.45, 7) is 3.98. The third-order valence-electron chi connectivity index (χ3n) is 9.54. The van der Waals surface area contributed by atoms with Crippen LogP contribution in [0.15, 0.2) is 30.5 Å². The molecule has 2 atom stereocenters. The molecule has 5 fully saturated rings. The Morgan fingerprint density at radius 1 is 1.05 bits per heavy atom. The van der Waals surface area contributed by atoms with E-state index in [1.165, 1.54) is 11.1 Å². The maximum absolute atomic E-state index is 13.8. The van der Waals surface area contributed by atoms with Gasteiger partial charge in [-0.15, -0.1) is 0 Å². The first-order valence-corrected chi connectivity index (χ1v) is 14.7. The van der Waals surface area contributed by atoms with Crippen LogP contribution in [-0.4, -0.2) is 50.7 Å². The molecule has 39 heavy (non-hydrogen) atoms. The second-order valence-electron chi connectivity index (χ2n) is 12.6. The molecule has 0 radical (unpaired) electrons. The summed E-state index contributed by atoms with van der Waals surface area (Å²) in [5.41, 5.74) is 3.61. The van der Waals surface area contributed by atoms with Gasteiger partial charge in [-0.2, -0.15) is 5.10 Å². The van der Waals surface area contributed by atoms with Crippen LogP contribution in [0, 0.1) is 17.8 Å². The first kappa shape index (κ1) is 24.7. The number of amides is 4. The Balaban J connectivity index is 1.10. The van der Waals surface area contributed by atoms with Crippen molar-refractivity contribution in [2.45, 2.75) is 95.4 Å². The van der Waals surface area contributed by atoms with E-state index < -0.39 is 6.04 Å². The molecule has 1 aromatic carbocycles. The number of aromatic nitrogens is 2. The van der Waals surface area contributed by atoms with Gasteiger partial charge in [0.15, 0.2) is 0 Å². The summed E-state index contributed by atoms with van der Waals surface area (Å²) in [5, 5.41) is 13.7. The maximum atomic E-state index is 13.8. The van der Waals surface area contributed by atoms with E-state index >= 15 is 0 Å². The molecule has 3 saturated carbocycles. The molecule has 0 spiro atoms. The minimum atomic E-state index is -0.586. The summed E-state index contributed by atoms with van der Waals surface area (Å²) >= 11 is 0. The van der Waals surface area contributed by atoms with Crippen molar-refractivity contribution in [3.63, 3.8) is 0 Å². The molecule has 2 saturated heterocycles. The first-order chi connectivity index (χ1) is 18.9. The lowest BCUT2D eigenvalue weighted by Gasteiger charge is -2.51. The number of nitrogens with one attached hydrogen (secondary N) is 3. The molecule has 3 N–H and O–H groups in total. The molecule has 9 nitrogen and oxygen atoms in total. The van der Waals surface area contributed by atoms with E-state index in [1.54, 1.807) is 16.9 Å². The van der Waals surface area contributed by atoms with Crippen LogP contribution in [0.5, 0.6) is 0 Å². The summed E-state index contributed by atoms with van der Waals surface area (Å²) in [6, 6.07) is 8.13. The number of nitrogens with zero attached hydrogens (tertiary/aromatic N) is 3. The molecule has 2 aromatic rings. The highest BCUT2D eigenvalue weighted by Crippen LogP contribution is 2.51. The van der Waals surface area contributed by atoms with E-state index in [1.807, 2.05) is 24.8 Å². The number of carbonyl (C=O) groups excluding carboxylic acids is 3. The van der Waals surface area contributed by atoms with Crippen LogP contribution in [0.25, 0.3) is 0 Å². The quantitative estimate of drug-likeness (QED) is 0.452. The van der Waals surface area contributed by atoms with Gasteiger partial charge >= 0.3 is 6.03 Å². The molecule has 2 aliphatic heterocycles. The fourth-order valence-corrected chi connectivity index (χ4v) is 7.27. The van der Waals surface area contributed by atoms with E-state index in [4.69, 9.17) is 0 Å². The Morgan fingerprint density at radius 3 is 2.46 bits per heavy atom. The molecule has 0 unspecified atom stereocenters. The Hall–Kier alpha value is -3.36. The van der Waals surface area contributed by atoms with Crippen LogP contribution in [-0.2, 0) is 11.2 Å². The number of urea groups is 1. The van der Waals surface area contributed by atoms with E-state index in [2.05, 4.69) is 33.2 Å². The number of benzene rings is 1. The molecule has 6 aliphatic rings. The Morgan fingerprint density at radius 2 is 1.79 bits per heavy atom. The summed E-state index contributed by atoms with van der Waals surface area (Å²) in [6.07, 6.45) is 10.0. The van der Waals surface area contributed by atoms with Gasteiger partial charge < -0.3 is 20.9 Å². The van der Waals surface area contributed by atoms with Crippen LogP contribution >= 0.6 is 0 Å². The van der Waals surface area contributed by atoms with E-state index in [-0.39, 0.29) is 35.8 Å². The van der Waals surface area contributed by atoms with Crippen molar-refractivity contribution in [3.8, 4) is 0 Å². The van der Waals surface area contributed by atoms with Crippen LogP contribution in [0.2, 0.25) is 0 Å². The molecule has 3 heterocycles. The zero-order chi connectivity index (χ0) is 26.8. The lowest BCUT2D eigenvalue weighted by atomic mass is 9.82. The smallest absolute Gasteiger partial charge is 0.318 e. The number of hydrogen-bond donors (Lipinski definition) is 3. The average Bonchev–Trinajstić information content (AvgIpc) is 3.81. The van der Waals surface area contributed by atoms with E-state index in [0.717, 1.165) is 57.1 Å². The Bertz CT molecular complexity index is 1290. The van der Waals surface area contributed by atoms with Crippen molar-refractivity contribution in [3.05, 3.63) is 47.3 Å². The lowest BCUT2D eigenvalue weighted by molar-refractivity contribution is -0.119. The van der Waals surface area contributed by atoms with Crippen molar-refractivity contribution in [1.82, 2.24) is 25.3 Å². The lowest BCUT2D eigenvalue weighted by Crippen LogP contribution is -2.65. The number of carbonyl (C=O) groups is 3. The summed E-state index contributed by atoms with van der Waals surface area (Å²) in [7, 11) is 0. The molecule has 206 valence electrons. The third-order valence-corrected chi connectivity index (χ3v) is 9.54. The summed E-state index contributed by atoms with van der Waals surface area (Å²) < 4.78 is 1.71. The van der Waals surface area contributed by atoms with Gasteiger partial charge in [0.05, 0.1) is 6.04 Å². The number of rotatable bonds is 9. The van der Waals surface area contributed by atoms with Crippen LogP contribution < -0.4 is 16.0 Å². The average molecular weight is 531 g/mol. The zero-order valence-electron chi connectivity index (χ0n) is 22.7. The fraction of sp³-hybridized carbons (Fsp3) is 0.600. The SMILES string of the molecule is CC(C)n1nccc1C(=O)N[C@H](C(=O)Nc1ccc2c(c1)CC[C@H]2N1C(=O)NC2CC1C2)C(C1CC1)C1CC1. The highest BCUT2D eigenvalue weighted by atomic mass is 16.2. The van der Waals surface area contributed by atoms with Crippen LogP contribution in [0.3, 0.4) is 0 Å². The van der Waals surface area contributed by atoms with Gasteiger partial charge in [0, 0.05) is 30.0 Å². The zero-order valence-corrected chi connectivity index (χ0v) is 22.7. The first-order valence-electron chi connectivity index (χ1n) is 14.7. The highest BCUT2D eigenvalue weighted by Gasteiger charge is 2.49. The van der Waals surface area contributed by atoms with Gasteiger partial charge in [0.25, 0.3) is 5.91 Å². The molecule has 8 rings (SSSR count). The number of hydrogen-bond acceptors (Lipinski definition) is 4. The van der Waals surface area contributed by atoms with Gasteiger partial charge in [0.2, 0.25) is 5.91 Å². The minimum absolute atomic E-state index is 0.0488. The van der Waals surface area contributed by atoms with E-state index in [0.29, 0.717) is 29.6 Å². The predicted molar refractivity (Wildman–Crippen MR) is 146 cm³/mol. The summed E-state index contributed by atoms with van der Waals surface area (Å²) in [4.78, 5) is 41.9. The highest BCUT2D eigenvalue weighted by molar-refractivity contribution is 6.01. The van der Waals surface area contributed by atoms with Crippen molar-refractivity contribution in [2.75, 3.05) is 5.32 Å². The molecule has 2 bridgehead atoms. The monoisotopic (exact) mass is 530 g/mol. The Kier molecular flexibility index (Phi) is 5.93. The number of aryl methyl sites for hydroxylation is 1. The molecular formula is C30H38N6O3. The molecular weight excluding hydrogens is 492 g/mol. The van der Waals surface area contributed by atoms with Crippen molar-refractivity contribution in [2.24, 2.45) is 17.8 Å². The second-order valence-corrected chi connectivity index (χ2v) is 12.6.